The number of hydrogen-bond acceptors (Lipinski definition) is 5. The number of nitrogens with zero attached hydrogens (tertiary/aromatic N) is 2. The molecule has 2 heterocycles. The molecule has 0 unspecified atom stereocenters. The third kappa shape index (κ3) is 2.95. The first-order valence-electron chi connectivity index (χ1n) is 7.11. The summed E-state index contributed by atoms with van der Waals surface area (Å²) in [7, 11) is 0. The summed E-state index contributed by atoms with van der Waals surface area (Å²) in [6.07, 6.45) is 1.64. The first-order chi connectivity index (χ1) is 11.1. The van der Waals surface area contributed by atoms with Gasteiger partial charge in [-0.05, 0) is 38.1 Å². The minimum absolute atomic E-state index is 0.194. The van der Waals surface area contributed by atoms with Crippen LogP contribution in [0.25, 0.3) is 4.96 Å². The average Bonchev–Trinajstić information content (AvgIpc) is 3.00. The lowest BCUT2D eigenvalue weighted by molar-refractivity contribution is 0.102. The summed E-state index contributed by atoms with van der Waals surface area (Å²) in [5, 5.41) is 4.44. The lowest BCUT2D eigenvalue weighted by Crippen LogP contribution is -2.24. The summed E-state index contributed by atoms with van der Waals surface area (Å²) >= 11 is 1.37. The van der Waals surface area contributed by atoms with Crippen molar-refractivity contribution in [2.24, 2.45) is 0 Å². The summed E-state index contributed by atoms with van der Waals surface area (Å²) < 4.78 is 6.76. The van der Waals surface area contributed by atoms with Crippen molar-refractivity contribution in [3.05, 3.63) is 57.5 Å². The molecular weight excluding hydrogens is 314 g/mol. The zero-order chi connectivity index (χ0) is 16.4. The van der Waals surface area contributed by atoms with Crippen molar-refractivity contribution >= 4 is 27.9 Å². The molecule has 1 amide bonds. The Morgan fingerprint density at radius 2 is 2.09 bits per heavy atom. The average molecular weight is 329 g/mol. The highest BCUT2D eigenvalue weighted by Gasteiger charge is 2.14. The van der Waals surface area contributed by atoms with Crippen LogP contribution in [0.2, 0.25) is 0 Å². The fraction of sp³-hybridized carbons (Fsp3) is 0.188. The van der Waals surface area contributed by atoms with Crippen molar-refractivity contribution < 1.29 is 9.53 Å². The molecule has 3 rings (SSSR count). The normalized spacial score (nSPS) is 10.7. The van der Waals surface area contributed by atoms with Crippen LogP contribution in [0.15, 0.2) is 40.6 Å². The number of aryl methyl sites for hydroxylation is 1. The van der Waals surface area contributed by atoms with Gasteiger partial charge in [0.1, 0.15) is 11.4 Å². The Bertz CT molecular complexity index is 912. The van der Waals surface area contributed by atoms with Crippen molar-refractivity contribution in [3.63, 3.8) is 0 Å². The molecule has 0 aliphatic rings. The summed E-state index contributed by atoms with van der Waals surface area (Å²) in [4.78, 5) is 29.7. The fourth-order valence-electron chi connectivity index (χ4n) is 2.18. The van der Waals surface area contributed by atoms with E-state index in [-0.39, 0.29) is 17.2 Å². The van der Waals surface area contributed by atoms with Crippen LogP contribution >= 0.6 is 11.3 Å². The fourth-order valence-corrected chi connectivity index (χ4v) is 2.93. The molecule has 1 N–H and O–H groups in total. The van der Waals surface area contributed by atoms with Crippen molar-refractivity contribution in [1.82, 2.24) is 9.38 Å². The molecular formula is C16H15N3O3S. The molecule has 118 valence electrons. The van der Waals surface area contributed by atoms with Gasteiger partial charge in [0.25, 0.3) is 11.5 Å². The van der Waals surface area contributed by atoms with E-state index in [0.717, 1.165) is 0 Å². The van der Waals surface area contributed by atoms with Crippen molar-refractivity contribution in [1.29, 1.82) is 0 Å². The zero-order valence-corrected chi connectivity index (χ0v) is 13.5. The topological polar surface area (TPSA) is 72.7 Å². The van der Waals surface area contributed by atoms with Crippen LogP contribution in [0.4, 0.5) is 5.69 Å². The first kappa shape index (κ1) is 15.2. The van der Waals surface area contributed by atoms with E-state index >= 15 is 0 Å². The van der Waals surface area contributed by atoms with Crippen LogP contribution in [0.5, 0.6) is 5.75 Å². The van der Waals surface area contributed by atoms with Gasteiger partial charge in [-0.1, -0.05) is 0 Å². The van der Waals surface area contributed by atoms with E-state index in [0.29, 0.717) is 28.6 Å². The van der Waals surface area contributed by atoms with E-state index in [1.165, 1.54) is 15.7 Å². The smallest absolute Gasteiger partial charge is 0.282 e. The highest BCUT2D eigenvalue weighted by atomic mass is 32.1. The van der Waals surface area contributed by atoms with Gasteiger partial charge in [-0.3, -0.25) is 14.0 Å². The number of fused-ring (bicyclic) bond motifs is 1. The van der Waals surface area contributed by atoms with E-state index in [4.69, 9.17) is 4.74 Å². The van der Waals surface area contributed by atoms with Crippen molar-refractivity contribution in [2.45, 2.75) is 13.8 Å². The predicted molar refractivity (Wildman–Crippen MR) is 89.6 cm³/mol. The van der Waals surface area contributed by atoms with Crippen LogP contribution in [0.1, 0.15) is 23.0 Å². The highest BCUT2D eigenvalue weighted by molar-refractivity contribution is 7.15. The number of aromatic nitrogens is 2. The molecule has 0 saturated heterocycles. The Kier molecular flexibility index (Phi) is 4.12. The number of amides is 1. The lowest BCUT2D eigenvalue weighted by atomic mass is 10.2. The van der Waals surface area contributed by atoms with Gasteiger partial charge in [-0.2, -0.15) is 0 Å². The second kappa shape index (κ2) is 6.21. The van der Waals surface area contributed by atoms with Gasteiger partial charge in [0.05, 0.1) is 12.3 Å². The second-order valence-corrected chi connectivity index (χ2v) is 5.72. The molecule has 1 aromatic carbocycles. The summed E-state index contributed by atoms with van der Waals surface area (Å²) in [5.41, 5.74) is 0.854. The van der Waals surface area contributed by atoms with E-state index in [2.05, 4.69) is 10.3 Å². The third-order valence-electron chi connectivity index (χ3n) is 3.31. The highest BCUT2D eigenvalue weighted by Crippen LogP contribution is 2.16. The quantitative estimate of drug-likeness (QED) is 0.799. The maximum Gasteiger partial charge on any atom is 0.282 e. The van der Waals surface area contributed by atoms with Crippen LogP contribution in [-0.4, -0.2) is 21.9 Å². The van der Waals surface area contributed by atoms with Gasteiger partial charge in [0, 0.05) is 17.1 Å². The second-order valence-electron chi connectivity index (χ2n) is 4.84. The first-order valence-corrected chi connectivity index (χ1v) is 7.98. The number of rotatable bonds is 4. The maximum absolute atomic E-state index is 12.4. The number of carbonyl (C=O) groups is 1. The molecule has 0 spiro atoms. The van der Waals surface area contributed by atoms with Crippen LogP contribution in [-0.2, 0) is 0 Å². The van der Waals surface area contributed by atoms with Crippen LogP contribution in [0.3, 0.4) is 0 Å². The van der Waals surface area contributed by atoms with Crippen LogP contribution < -0.4 is 15.6 Å². The zero-order valence-electron chi connectivity index (χ0n) is 12.7. The number of thiazole rings is 1. The number of carbonyl (C=O) groups excluding carboxylic acids is 1. The van der Waals surface area contributed by atoms with Gasteiger partial charge in [-0.15, -0.1) is 11.3 Å². The third-order valence-corrected chi connectivity index (χ3v) is 4.07. The Morgan fingerprint density at radius 1 is 1.35 bits per heavy atom. The maximum atomic E-state index is 12.4. The van der Waals surface area contributed by atoms with E-state index in [9.17, 15) is 9.59 Å². The van der Waals surface area contributed by atoms with Crippen LogP contribution in [0, 0.1) is 6.92 Å². The number of hydrogen-bond donors (Lipinski definition) is 1. The number of benzene rings is 1. The number of ether oxygens (including phenoxy) is 1. The molecule has 7 heteroatoms. The van der Waals surface area contributed by atoms with Gasteiger partial charge >= 0.3 is 0 Å². The molecule has 6 nitrogen and oxygen atoms in total. The Morgan fingerprint density at radius 3 is 2.78 bits per heavy atom. The van der Waals surface area contributed by atoms with E-state index < -0.39 is 0 Å². The monoisotopic (exact) mass is 329 g/mol. The number of nitrogens with one attached hydrogen (secondary N) is 1. The van der Waals surface area contributed by atoms with Gasteiger partial charge in [0.15, 0.2) is 4.96 Å². The van der Waals surface area contributed by atoms with E-state index in [1.807, 2.05) is 6.92 Å². The molecule has 0 saturated carbocycles. The molecule has 3 aromatic rings. The predicted octanol–water partition coefficient (Wildman–Crippen LogP) is 2.72. The molecule has 0 radical (unpaired) electrons. The van der Waals surface area contributed by atoms with Crippen molar-refractivity contribution in [3.8, 4) is 5.75 Å². The van der Waals surface area contributed by atoms with Gasteiger partial charge < -0.3 is 10.1 Å². The largest absolute Gasteiger partial charge is 0.494 e. The molecule has 23 heavy (non-hydrogen) atoms. The molecule has 0 bridgehead atoms. The molecule has 0 fully saturated rings. The standard InChI is InChI=1S/C16H15N3O3S/c1-3-22-12-6-4-11(5-7-12)14(20)18-13-10(2)17-16-19(15(13)21)8-9-23-16/h4-9H,3H2,1-2H3,(H,18,20). The van der Waals surface area contributed by atoms with Gasteiger partial charge in [-0.25, -0.2) is 4.98 Å². The number of anilines is 1. The molecule has 0 aliphatic heterocycles. The summed E-state index contributed by atoms with van der Waals surface area (Å²) in [6, 6.07) is 6.75. The van der Waals surface area contributed by atoms with Gasteiger partial charge in [0.2, 0.25) is 0 Å². The Hall–Kier alpha value is -2.67. The van der Waals surface area contributed by atoms with Crippen molar-refractivity contribution in [2.75, 3.05) is 11.9 Å². The lowest BCUT2D eigenvalue weighted by Gasteiger charge is -2.08. The Labute approximate surface area is 136 Å². The SMILES string of the molecule is CCOc1ccc(C(=O)Nc2c(C)nc3sccn3c2=O)cc1. The molecule has 0 aliphatic carbocycles. The minimum atomic E-state index is -0.356. The molecule has 2 aromatic heterocycles. The molecule has 0 atom stereocenters. The van der Waals surface area contributed by atoms with E-state index in [1.54, 1.807) is 42.8 Å². The summed E-state index contributed by atoms with van der Waals surface area (Å²) in [5.74, 6) is 0.340. The Balaban J connectivity index is 1.89. The summed E-state index contributed by atoms with van der Waals surface area (Å²) in [6.45, 7) is 4.16. The minimum Gasteiger partial charge on any atom is -0.494 e.